The molecule has 1 aliphatic rings. The fourth-order valence-corrected chi connectivity index (χ4v) is 3.52. The lowest BCUT2D eigenvalue weighted by atomic mass is 10.1. The van der Waals surface area contributed by atoms with E-state index in [9.17, 15) is 4.79 Å². The Morgan fingerprint density at radius 2 is 2.43 bits per heavy atom. The number of esters is 1. The van der Waals surface area contributed by atoms with Crippen LogP contribution < -0.4 is 5.32 Å². The average molecular weight is 330 g/mol. The van der Waals surface area contributed by atoms with Crippen molar-refractivity contribution in [3.05, 3.63) is 30.0 Å². The second-order valence-corrected chi connectivity index (χ2v) is 6.30. The van der Waals surface area contributed by atoms with Crippen LogP contribution in [0.3, 0.4) is 0 Å². The van der Waals surface area contributed by atoms with Gasteiger partial charge in [-0.1, -0.05) is 11.3 Å². The van der Waals surface area contributed by atoms with E-state index in [2.05, 4.69) is 25.5 Å². The van der Waals surface area contributed by atoms with Crippen molar-refractivity contribution in [2.24, 2.45) is 5.92 Å². The van der Waals surface area contributed by atoms with E-state index in [1.807, 2.05) is 16.7 Å². The molecule has 0 radical (unpaired) electrons. The van der Waals surface area contributed by atoms with E-state index in [0.717, 1.165) is 27.1 Å². The summed E-state index contributed by atoms with van der Waals surface area (Å²) in [5.74, 6) is 1.24. The van der Waals surface area contributed by atoms with Gasteiger partial charge in [-0.2, -0.15) is 0 Å². The summed E-state index contributed by atoms with van der Waals surface area (Å²) in [7, 11) is 1.41. The van der Waals surface area contributed by atoms with Crippen molar-refractivity contribution in [3.63, 3.8) is 0 Å². The highest BCUT2D eigenvalue weighted by molar-refractivity contribution is 7.22. The van der Waals surface area contributed by atoms with Gasteiger partial charge in [0.05, 0.1) is 24.3 Å². The first-order valence-electron chi connectivity index (χ1n) is 7.19. The Kier molecular flexibility index (Phi) is 3.41. The molecule has 1 atom stereocenters. The first-order valence-corrected chi connectivity index (χ1v) is 8.00. The largest absolute Gasteiger partial charge is 0.469 e. The number of hydrogen-bond donors (Lipinski definition) is 1. The van der Waals surface area contributed by atoms with Crippen LogP contribution in [-0.4, -0.2) is 37.8 Å². The third-order valence-electron chi connectivity index (χ3n) is 3.83. The summed E-state index contributed by atoms with van der Waals surface area (Å²) in [6.45, 7) is 1.06. The predicted octanol–water partition coefficient (Wildman–Crippen LogP) is 1.24. The molecule has 0 saturated carbocycles. The van der Waals surface area contributed by atoms with Gasteiger partial charge in [0.2, 0.25) is 0 Å². The van der Waals surface area contributed by atoms with Gasteiger partial charge in [-0.3, -0.25) is 4.79 Å². The van der Waals surface area contributed by atoms with E-state index < -0.39 is 0 Å². The number of carbonyl (C=O) groups excluding carboxylic acids is 1. The third kappa shape index (κ3) is 2.52. The van der Waals surface area contributed by atoms with Crippen LogP contribution >= 0.6 is 11.3 Å². The van der Waals surface area contributed by atoms with Gasteiger partial charge in [0.1, 0.15) is 5.82 Å². The Morgan fingerprint density at radius 3 is 3.26 bits per heavy atom. The van der Waals surface area contributed by atoms with Gasteiger partial charge >= 0.3 is 5.97 Å². The van der Waals surface area contributed by atoms with Crippen LogP contribution in [0.5, 0.6) is 0 Å². The van der Waals surface area contributed by atoms with E-state index in [4.69, 9.17) is 4.74 Å². The summed E-state index contributed by atoms with van der Waals surface area (Å²) in [5.41, 5.74) is 0.734. The normalized spacial score (nSPS) is 16.5. The average Bonchev–Trinajstić information content (AvgIpc) is 3.25. The van der Waals surface area contributed by atoms with Crippen LogP contribution in [0.25, 0.3) is 10.3 Å². The van der Waals surface area contributed by atoms with Crippen LogP contribution in [0, 0.1) is 5.92 Å². The van der Waals surface area contributed by atoms with Crippen LogP contribution in [0.4, 0.5) is 5.13 Å². The fourth-order valence-electron chi connectivity index (χ4n) is 2.69. The molecule has 8 nitrogen and oxygen atoms in total. The van der Waals surface area contributed by atoms with Crippen molar-refractivity contribution in [2.45, 2.75) is 19.5 Å². The van der Waals surface area contributed by atoms with Crippen molar-refractivity contribution in [3.8, 4) is 0 Å². The van der Waals surface area contributed by atoms with Crippen LogP contribution in [0.1, 0.15) is 11.6 Å². The van der Waals surface area contributed by atoms with Gasteiger partial charge in [-0.15, -0.1) is 10.2 Å². The van der Waals surface area contributed by atoms with Gasteiger partial charge in [-0.25, -0.2) is 9.97 Å². The van der Waals surface area contributed by atoms with Gasteiger partial charge in [0.25, 0.3) is 0 Å². The summed E-state index contributed by atoms with van der Waals surface area (Å²) in [6, 6.07) is 3.88. The lowest BCUT2D eigenvalue weighted by molar-refractivity contribution is -0.145. The number of anilines is 1. The Labute approximate surface area is 135 Å². The zero-order valence-corrected chi connectivity index (χ0v) is 13.2. The zero-order valence-electron chi connectivity index (χ0n) is 12.4. The molecule has 0 bridgehead atoms. The molecule has 0 amide bonds. The molecule has 3 aromatic heterocycles. The number of fused-ring (bicyclic) bond motifs is 2. The third-order valence-corrected chi connectivity index (χ3v) is 4.80. The molecule has 0 aromatic carbocycles. The van der Waals surface area contributed by atoms with Crippen LogP contribution in [-0.2, 0) is 29.0 Å². The maximum absolute atomic E-state index is 11.7. The van der Waals surface area contributed by atoms with Crippen molar-refractivity contribution >= 4 is 32.8 Å². The molecule has 4 rings (SSSR count). The second kappa shape index (κ2) is 5.58. The molecule has 3 aromatic rings. The predicted molar refractivity (Wildman–Crippen MR) is 84.0 cm³/mol. The van der Waals surface area contributed by atoms with Gasteiger partial charge in [0, 0.05) is 19.2 Å². The lowest BCUT2D eigenvalue weighted by Crippen LogP contribution is -2.18. The van der Waals surface area contributed by atoms with Gasteiger partial charge < -0.3 is 14.6 Å². The smallest absolute Gasteiger partial charge is 0.310 e. The molecule has 0 saturated heterocycles. The molecule has 1 unspecified atom stereocenters. The molecule has 9 heteroatoms. The zero-order chi connectivity index (χ0) is 15.8. The standard InChI is InChI=1S/C14H14N6O2S/c1-22-13(21)8-5-10-18-19-11(20(10)7-8)6-16-14-17-12-9(23-14)3-2-4-15-12/h2-4,8H,5-7H2,1H3,(H,15,16,17). The number of rotatable bonds is 4. The van der Waals surface area contributed by atoms with Crippen molar-refractivity contribution < 1.29 is 9.53 Å². The minimum Gasteiger partial charge on any atom is -0.469 e. The maximum atomic E-state index is 11.7. The maximum Gasteiger partial charge on any atom is 0.310 e. The first kappa shape index (κ1) is 14.1. The molecule has 0 fully saturated rings. The highest BCUT2D eigenvalue weighted by atomic mass is 32.1. The molecular formula is C14H14N6O2S. The number of nitrogens with zero attached hydrogens (tertiary/aromatic N) is 5. The first-order chi connectivity index (χ1) is 11.2. The Bertz CT molecular complexity index is 840. The summed E-state index contributed by atoms with van der Waals surface area (Å²) < 4.78 is 7.81. The number of carbonyl (C=O) groups is 1. The molecule has 23 heavy (non-hydrogen) atoms. The van der Waals surface area contributed by atoms with Gasteiger partial charge in [-0.05, 0) is 12.1 Å². The molecule has 0 aliphatic carbocycles. The monoisotopic (exact) mass is 330 g/mol. The molecule has 1 N–H and O–H groups in total. The summed E-state index contributed by atoms with van der Waals surface area (Å²) in [4.78, 5) is 20.3. The van der Waals surface area contributed by atoms with E-state index >= 15 is 0 Å². The highest BCUT2D eigenvalue weighted by Crippen LogP contribution is 2.25. The SMILES string of the molecule is COC(=O)C1Cc2nnc(CNc3nc4ncccc4s3)n2C1. The van der Waals surface area contributed by atoms with E-state index in [1.165, 1.54) is 7.11 Å². The van der Waals surface area contributed by atoms with E-state index in [-0.39, 0.29) is 11.9 Å². The lowest BCUT2D eigenvalue weighted by Gasteiger charge is -2.07. The minimum atomic E-state index is -0.202. The number of thiazole rings is 1. The van der Waals surface area contributed by atoms with Crippen molar-refractivity contribution in [1.82, 2.24) is 24.7 Å². The van der Waals surface area contributed by atoms with Gasteiger partial charge in [0.15, 0.2) is 16.6 Å². The number of aromatic nitrogens is 5. The Balaban J connectivity index is 1.48. The number of pyridine rings is 1. The van der Waals surface area contributed by atoms with E-state index in [1.54, 1.807) is 17.5 Å². The summed E-state index contributed by atoms with van der Waals surface area (Å²) in [5, 5.41) is 12.4. The second-order valence-electron chi connectivity index (χ2n) is 5.26. The molecule has 0 spiro atoms. The van der Waals surface area contributed by atoms with Crippen molar-refractivity contribution in [2.75, 3.05) is 12.4 Å². The number of hydrogen-bond acceptors (Lipinski definition) is 8. The summed E-state index contributed by atoms with van der Waals surface area (Å²) >= 11 is 1.55. The molecule has 118 valence electrons. The molecular weight excluding hydrogens is 316 g/mol. The Morgan fingerprint density at radius 1 is 1.52 bits per heavy atom. The molecule has 1 aliphatic heterocycles. The molecule has 4 heterocycles. The Hall–Kier alpha value is -2.55. The van der Waals surface area contributed by atoms with Crippen LogP contribution in [0.15, 0.2) is 18.3 Å². The summed E-state index contributed by atoms with van der Waals surface area (Å²) in [6.07, 6.45) is 2.30. The number of nitrogens with one attached hydrogen (secondary N) is 1. The van der Waals surface area contributed by atoms with Crippen molar-refractivity contribution in [1.29, 1.82) is 0 Å². The van der Waals surface area contributed by atoms with E-state index in [0.29, 0.717) is 19.5 Å². The highest BCUT2D eigenvalue weighted by Gasteiger charge is 2.31. The minimum absolute atomic E-state index is 0.170. The number of ether oxygens (including phenoxy) is 1. The quantitative estimate of drug-likeness (QED) is 0.719. The van der Waals surface area contributed by atoms with Crippen LogP contribution in [0.2, 0.25) is 0 Å². The topological polar surface area (TPSA) is 94.8 Å². The number of methoxy groups -OCH3 is 1. The fraction of sp³-hybridized carbons (Fsp3) is 0.357.